The molecule has 0 unspecified atom stereocenters. The molecule has 0 aliphatic carbocycles. The molecule has 0 atom stereocenters. The molecule has 1 saturated heterocycles. The Balaban J connectivity index is 2.08. The molecule has 18 heavy (non-hydrogen) atoms. The monoisotopic (exact) mass is 285 g/mol. The van der Waals surface area contributed by atoms with Gasteiger partial charge in [-0.1, -0.05) is 29.3 Å². The molecule has 1 fully saturated rings. The fraction of sp³-hybridized carbons (Fsp3) is 0.308. The highest BCUT2D eigenvalue weighted by atomic mass is 35.5. The number of benzene rings is 1. The van der Waals surface area contributed by atoms with E-state index in [2.05, 4.69) is 0 Å². The van der Waals surface area contributed by atoms with Crippen LogP contribution in [0.1, 0.15) is 18.4 Å². The summed E-state index contributed by atoms with van der Waals surface area (Å²) in [5.41, 5.74) is 0.645. The van der Waals surface area contributed by atoms with Crippen LogP contribution in [-0.2, 0) is 9.63 Å². The summed E-state index contributed by atoms with van der Waals surface area (Å²) in [4.78, 5) is 17.1. The zero-order chi connectivity index (χ0) is 13.0. The van der Waals surface area contributed by atoms with Crippen molar-refractivity contribution in [2.45, 2.75) is 12.8 Å². The lowest BCUT2D eigenvalue weighted by atomic mass is 10.2. The Bertz CT molecular complexity index is 448. The van der Waals surface area contributed by atoms with Crippen LogP contribution >= 0.6 is 23.2 Å². The Kier molecular flexibility index (Phi) is 4.64. The van der Waals surface area contributed by atoms with Crippen LogP contribution in [0.4, 0.5) is 0 Å². The minimum atomic E-state index is -0.189. The number of halogens is 2. The van der Waals surface area contributed by atoms with E-state index in [0.29, 0.717) is 28.8 Å². The molecular formula is C13H13Cl2NO2. The van der Waals surface area contributed by atoms with Gasteiger partial charge in [0.25, 0.3) is 5.91 Å². The van der Waals surface area contributed by atoms with Gasteiger partial charge in [0.15, 0.2) is 0 Å². The first-order valence-electron chi connectivity index (χ1n) is 5.75. The second kappa shape index (κ2) is 6.23. The number of carbonyl (C=O) groups is 1. The molecule has 0 spiro atoms. The van der Waals surface area contributed by atoms with Gasteiger partial charge < -0.3 is 0 Å². The van der Waals surface area contributed by atoms with Gasteiger partial charge in [0.1, 0.15) is 0 Å². The molecule has 0 N–H and O–H groups in total. The second-order valence-electron chi connectivity index (χ2n) is 3.95. The molecule has 5 heteroatoms. The SMILES string of the molecule is O=C(/C=C/c1c(Cl)cccc1Cl)N1CCCCO1. The summed E-state index contributed by atoms with van der Waals surface area (Å²) in [5, 5.41) is 2.40. The smallest absolute Gasteiger partial charge is 0.270 e. The highest BCUT2D eigenvalue weighted by molar-refractivity contribution is 6.37. The third kappa shape index (κ3) is 3.25. The maximum atomic E-state index is 11.8. The van der Waals surface area contributed by atoms with Gasteiger partial charge in [-0.3, -0.25) is 9.63 Å². The first-order valence-corrected chi connectivity index (χ1v) is 6.50. The van der Waals surface area contributed by atoms with E-state index in [0.717, 1.165) is 12.8 Å². The van der Waals surface area contributed by atoms with Crippen molar-refractivity contribution in [2.24, 2.45) is 0 Å². The van der Waals surface area contributed by atoms with E-state index in [1.54, 1.807) is 24.3 Å². The number of nitrogens with zero attached hydrogens (tertiary/aromatic N) is 1. The first kappa shape index (κ1) is 13.4. The second-order valence-corrected chi connectivity index (χ2v) is 4.76. The normalized spacial score (nSPS) is 16.2. The zero-order valence-electron chi connectivity index (χ0n) is 9.73. The van der Waals surface area contributed by atoms with Gasteiger partial charge in [-0.25, -0.2) is 5.06 Å². The molecule has 2 rings (SSSR count). The fourth-order valence-electron chi connectivity index (χ4n) is 1.68. The number of hydrogen-bond donors (Lipinski definition) is 0. The molecular weight excluding hydrogens is 273 g/mol. The Morgan fingerprint density at radius 3 is 2.61 bits per heavy atom. The van der Waals surface area contributed by atoms with Crippen molar-refractivity contribution in [1.82, 2.24) is 5.06 Å². The van der Waals surface area contributed by atoms with Crippen LogP contribution in [0.15, 0.2) is 24.3 Å². The molecule has 1 amide bonds. The van der Waals surface area contributed by atoms with Gasteiger partial charge >= 0.3 is 0 Å². The van der Waals surface area contributed by atoms with Crippen molar-refractivity contribution in [3.63, 3.8) is 0 Å². The highest BCUT2D eigenvalue weighted by Crippen LogP contribution is 2.25. The maximum absolute atomic E-state index is 11.8. The van der Waals surface area contributed by atoms with Crippen LogP contribution in [0.25, 0.3) is 6.08 Å². The van der Waals surface area contributed by atoms with Crippen molar-refractivity contribution in [2.75, 3.05) is 13.2 Å². The van der Waals surface area contributed by atoms with Gasteiger partial charge in [-0.15, -0.1) is 0 Å². The number of carbonyl (C=O) groups excluding carboxylic acids is 1. The molecule has 1 aromatic rings. The Hall–Kier alpha value is -1.03. The Labute approximate surface area is 116 Å². The minimum absolute atomic E-state index is 0.189. The average molecular weight is 286 g/mol. The average Bonchev–Trinajstić information content (AvgIpc) is 2.39. The van der Waals surface area contributed by atoms with E-state index in [1.165, 1.54) is 11.1 Å². The third-order valence-corrected chi connectivity index (χ3v) is 3.30. The van der Waals surface area contributed by atoms with Crippen LogP contribution in [0.2, 0.25) is 10.0 Å². The molecule has 1 aliphatic rings. The predicted molar refractivity (Wildman–Crippen MR) is 72.4 cm³/mol. The number of hydroxylamine groups is 2. The molecule has 0 saturated carbocycles. The van der Waals surface area contributed by atoms with Gasteiger partial charge in [-0.2, -0.15) is 0 Å². The van der Waals surface area contributed by atoms with Gasteiger partial charge in [-0.05, 0) is 31.1 Å². The molecule has 1 heterocycles. The number of rotatable bonds is 2. The van der Waals surface area contributed by atoms with Crippen molar-refractivity contribution >= 4 is 35.2 Å². The summed E-state index contributed by atoms with van der Waals surface area (Å²) in [6.07, 6.45) is 5.00. The lowest BCUT2D eigenvalue weighted by Crippen LogP contribution is -2.34. The maximum Gasteiger partial charge on any atom is 0.270 e. The summed E-state index contributed by atoms with van der Waals surface area (Å²) in [5.74, 6) is -0.189. The standard InChI is InChI=1S/C13H13Cl2NO2/c14-11-4-3-5-12(15)10(11)6-7-13(17)16-8-1-2-9-18-16/h3-7H,1-2,8-9H2/b7-6+. The van der Waals surface area contributed by atoms with Crippen LogP contribution in [0, 0.1) is 0 Å². The Morgan fingerprint density at radius 1 is 1.28 bits per heavy atom. The lowest BCUT2D eigenvalue weighted by Gasteiger charge is -2.24. The van der Waals surface area contributed by atoms with Crippen LogP contribution in [-0.4, -0.2) is 24.1 Å². The minimum Gasteiger partial charge on any atom is -0.271 e. The molecule has 1 aromatic carbocycles. The molecule has 96 valence electrons. The highest BCUT2D eigenvalue weighted by Gasteiger charge is 2.15. The van der Waals surface area contributed by atoms with Crippen LogP contribution in [0.3, 0.4) is 0 Å². The summed E-state index contributed by atoms with van der Waals surface area (Å²) >= 11 is 12.0. The van der Waals surface area contributed by atoms with Crippen molar-refractivity contribution in [1.29, 1.82) is 0 Å². The first-order chi connectivity index (χ1) is 8.68. The van der Waals surface area contributed by atoms with Crippen LogP contribution in [0.5, 0.6) is 0 Å². The molecule has 3 nitrogen and oxygen atoms in total. The van der Waals surface area contributed by atoms with E-state index < -0.39 is 0 Å². The Morgan fingerprint density at radius 2 is 2.00 bits per heavy atom. The van der Waals surface area contributed by atoms with Gasteiger partial charge in [0.05, 0.1) is 6.61 Å². The zero-order valence-corrected chi connectivity index (χ0v) is 11.2. The van der Waals surface area contributed by atoms with Gasteiger partial charge in [0.2, 0.25) is 0 Å². The molecule has 0 radical (unpaired) electrons. The molecule has 0 bridgehead atoms. The largest absolute Gasteiger partial charge is 0.271 e. The van der Waals surface area contributed by atoms with E-state index in [-0.39, 0.29) is 5.91 Å². The predicted octanol–water partition coefficient (Wildman–Crippen LogP) is 3.56. The fourth-order valence-corrected chi connectivity index (χ4v) is 2.20. The van der Waals surface area contributed by atoms with E-state index in [9.17, 15) is 4.79 Å². The van der Waals surface area contributed by atoms with E-state index in [1.807, 2.05) is 0 Å². The number of amides is 1. The topological polar surface area (TPSA) is 29.5 Å². The molecule has 1 aliphatic heterocycles. The van der Waals surface area contributed by atoms with Crippen molar-refractivity contribution in [3.05, 3.63) is 39.9 Å². The van der Waals surface area contributed by atoms with Gasteiger partial charge in [0, 0.05) is 28.2 Å². The van der Waals surface area contributed by atoms with E-state index >= 15 is 0 Å². The quantitative estimate of drug-likeness (QED) is 0.778. The summed E-state index contributed by atoms with van der Waals surface area (Å²) < 4.78 is 0. The lowest BCUT2D eigenvalue weighted by molar-refractivity contribution is -0.191. The summed E-state index contributed by atoms with van der Waals surface area (Å²) in [6, 6.07) is 5.22. The van der Waals surface area contributed by atoms with Crippen molar-refractivity contribution < 1.29 is 9.63 Å². The van der Waals surface area contributed by atoms with E-state index in [4.69, 9.17) is 28.0 Å². The molecule has 0 aromatic heterocycles. The van der Waals surface area contributed by atoms with Crippen LogP contribution < -0.4 is 0 Å². The summed E-state index contributed by atoms with van der Waals surface area (Å²) in [7, 11) is 0. The third-order valence-electron chi connectivity index (χ3n) is 2.64. The number of hydrogen-bond acceptors (Lipinski definition) is 2. The van der Waals surface area contributed by atoms with Crippen molar-refractivity contribution in [3.8, 4) is 0 Å². The summed E-state index contributed by atoms with van der Waals surface area (Å²) in [6.45, 7) is 1.21.